The Hall–Kier alpha value is -2.32. The Bertz CT molecular complexity index is 697. The van der Waals surface area contributed by atoms with Gasteiger partial charge in [-0.1, -0.05) is 54.6 Å². The predicted octanol–water partition coefficient (Wildman–Crippen LogP) is 3.91. The fourth-order valence-corrected chi connectivity index (χ4v) is 2.27. The van der Waals surface area contributed by atoms with Crippen LogP contribution in [0.4, 0.5) is 0 Å². The number of rotatable bonds is 4. The van der Waals surface area contributed by atoms with Gasteiger partial charge < -0.3 is 9.84 Å². The normalized spacial score (nSPS) is 10.7. The van der Waals surface area contributed by atoms with Crippen LogP contribution in [0, 0.1) is 0 Å². The second-order valence-corrected chi connectivity index (χ2v) is 4.73. The molecule has 20 heavy (non-hydrogen) atoms. The molecule has 0 saturated heterocycles. The van der Waals surface area contributed by atoms with Crippen molar-refractivity contribution < 1.29 is 9.84 Å². The summed E-state index contributed by atoms with van der Waals surface area (Å²) in [5.41, 5.74) is 2.07. The van der Waals surface area contributed by atoms with Gasteiger partial charge in [0.05, 0.1) is 6.61 Å². The summed E-state index contributed by atoms with van der Waals surface area (Å²) in [7, 11) is 0. The highest BCUT2D eigenvalue weighted by Gasteiger charge is 2.01. The molecule has 0 unspecified atom stereocenters. The van der Waals surface area contributed by atoms with Crippen molar-refractivity contribution in [2.45, 2.75) is 13.2 Å². The maximum Gasteiger partial charge on any atom is 0.119 e. The summed E-state index contributed by atoms with van der Waals surface area (Å²) < 4.78 is 5.82. The topological polar surface area (TPSA) is 29.5 Å². The van der Waals surface area contributed by atoms with E-state index in [0.29, 0.717) is 6.61 Å². The zero-order chi connectivity index (χ0) is 13.8. The summed E-state index contributed by atoms with van der Waals surface area (Å²) in [4.78, 5) is 0. The van der Waals surface area contributed by atoms with Crippen LogP contribution in [0.3, 0.4) is 0 Å². The van der Waals surface area contributed by atoms with Gasteiger partial charge in [0.25, 0.3) is 0 Å². The van der Waals surface area contributed by atoms with Gasteiger partial charge in [0, 0.05) is 0 Å². The quantitative estimate of drug-likeness (QED) is 0.774. The van der Waals surface area contributed by atoms with Gasteiger partial charge in [0.2, 0.25) is 0 Å². The molecule has 2 nitrogen and oxygen atoms in total. The molecule has 3 aromatic rings. The highest BCUT2D eigenvalue weighted by Crippen LogP contribution is 2.21. The molecule has 0 aliphatic heterocycles. The maximum atomic E-state index is 9.01. The van der Waals surface area contributed by atoms with E-state index in [-0.39, 0.29) is 6.61 Å². The van der Waals surface area contributed by atoms with Crippen molar-refractivity contribution in [3.8, 4) is 5.75 Å². The zero-order valence-electron chi connectivity index (χ0n) is 11.1. The van der Waals surface area contributed by atoms with E-state index in [1.54, 1.807) is 0 Å². The van der Waals surface area contributed by atoms with Crippen LogP contribution in [0.2, 0.25) is 0 Å². The molecule has 3 aromatic carbocycles. The van der Waals surface area contributed by atoms with Crippen LogP contribution in [0.15, 0.2) is 66.7 Å². The summed E-state index contributed by atoms with van der Waals surface area (Å²) in [5.74, 6) is 0.815. The Morgan fingerprint density at radius 3 is 2.35 bits per heavy atom. The molecular weight excluding hydrogens is 248 g/mol. The molecule has 3 rings (SSSR count). The lowest BCUT2D eigenvalue weighted by molar-refractivity contribution is 0.281. The Morgan fingerprint density at radius 2 is 1.55 bits per heavy atom. The molecule has 0 bridgehead atoms. The monoisotopic (exact) mass is 264 g/mol. The molecular formula is C18H16O2. The average molecular weight is 264 g/mol. The van der Waals surface area contributed by atoms with E-state index in [4.69, 9.17) is 9.84 Å². The van der Waals surface area contributed by atoms with E-state index in [2.05, 4.69) is 30.3 Å². The number of aliphatic hydroxyl groups is 1. The van der Waals surface area contributed by atoms with Gasteiger partial charge in [-0.3, -0.25) is 0 Å². The van der Waals surface area contributed by atoms with Gasteiger partial charge in [0.15, 0.2) is 0 Å². The number of fused-ring (bicyclic) bond motifs is 1. The van der Waals surface area contributed by atoms with E-state index in [1.807, 2.05) is 36.4 Å². The molecule has 0 atom stereocenters. The number of ether oxygens (including phenoxy) is 1. The largest absolute Gasteiger partial charge is 0.489 e. The van der Waals surface area contributed by atoms with Crippen molar-refractivity contribution in [2.75, 3.05) is 0 Å². The molecule has 0 radical (unpaired) electrons. The maximum absolute atomic E-state index is 9.01. The summed E-state index contributed by atoms with van der Waals surface area (Å²) in [6.07, 6.45) is 0. The van der Waals surface area contributed by atoms with Crippen LogP contribution in [0.5, 0.6) is 5.75 Å². The van der Waals surface area contributed by atoms with E-state index in [9.17, 15) is 0 Å². The van der Waals surface area contributed by atoms with Crippen molar-refractivity contribution in [3.63, 3.8) is 0 Å². The average Bonchev–Trinajstić information content (AvgIpc) is 2.53. The fourth-order valence-electron chi connectivity index (χ4n) is 2.27. The molecule has 0 saturated carbocycles. The molecule has 2 heteroatoms. The lowest BCUT2D eigenvalue weighted by atomic mass is 10.1. The first-order valence-corrected chi connectivity index (χ1v) is 6.66. The highest BCUT2D eigenvalue weighted by atomic mass is 16.5. The highest BCUT2D eigenvalue weighted by molar-refractivity contribution is 5.85. The second kappa shape index (κ2) is 5.76. The number of benzene rings is 3. The summed E-state index contributed by atoms with van der Waals surface area (Å²) >= 11 is 0. The Balaban J connectivity index is 1.79. The van der Waals surface area contributed by atoms with E-state index >= 15 is 0 Å². The lowest BCUT2D eigenvalue weighted by Gasteiger charge is -2.09. The first-order chi connectivity index (χ1) is 9.86. The van der Waals surface area contributed by atoms with Crippen LogP contribution in [0.25, 0.3) is 10.8 Å². The van der Waals surface area contributed by atoms with Gasteiger partial charge in [0.1, 0.15) is 12.4 Å². The summed E-state index contributed by atoms with van der Waals surface area (Å²) in [5, 5.41) is 11.5. The van der Waals surface area contributed by atoms with Crippen LogP contribution >= 0.6 is 0 Å². The minimum Gasteiger partial charge on any atom is -0.489 e. The summed E-state index contributed by atoms with van der Waals surface area (Å²) in [6.45, 7) is 0.601. The number of hydrogen-bond donors (Lipinski definition) is 1. The third-order valence-electron chi connectivity index (χ3n) is 3.38. The minimum absolute atomic E-state index is 0.0591. The first-order valence-electron chi connectivity index (χ1n) is 6.66. The van der Waals surface area contributed by atoms with Crippen molar-refractivity contribution in [1.29, 1.82) is 0 Å². The SMILES string of the molecule is OCc1ccc(OCc2cccc3ccccc23)cc1. The molecule has 0 fully saturated rings. The fraction of sp³-hybridized carbons (Fsp3) is 0.111. The van der Waals surface area contributed by atoms with Gasteiger partial charge in [-0.2, -0.15) is 0 Å². The summed E-state index contributed by atoms with van der Waals surface area (Å²) in [6, 6.07) is 22.1. The van der Waals surface area contributed by atoms with Gasteiger partial charge in [-0.25, -0.2) is 0 Å². The predicted molar refractivity (Wildman–Crippen MR) is 80.6 cm³/mol. The third-order valence-corrected chi connectivity index (χ3v) is 3.38. The van der Waals surface area contributed by atoms with Crippen molar-refractivity contribution in [3.05, 3.63) is 77.9 Å². The lowest BCUT2D eigenvalue weighted by Crippen LogP contribution is -1.96. The second-order valence-electron chi connectivity index (χ2n) is 4.73. The van der Waals surface area contributed by atoms with Crippen LogP contribution in [0.1, 0.15) is 11.1 Å². The molecule has 0 aliphatic carbocycles. The number of hydrogen-bond acceptors (Lipinski definition) is 2. The molecule has 0 aliphatic rings. The Labute approximate surface area is 118 Å². The molecule has 0 heterocycles. The van der Waals surface area contributed by atoms with Crippen molar-refractivity contribution in [1.82, 2.24) is 0 Å². The molecule has 0 amide bonds. The zero-order valence-corrected chi connectivity index (χ0v) is 11.1. The molecule has 0 aromatic heterocycles. The van der Waals surface area contributed by atoms with E-state index in [0.717, 1.165) is 11.3 Å². The van der Waals surface area contributed by atoms with E-state index < -0.39 is 0 Å². The van der Waals surface area contributed by atoms with Crippen molar-refractivity contribution in [2.24, 2.45) is 0 Å². The molecule has 100 valence electrons. The van der Waals surface area contributed by atoms with Gasteiger partial charge in [-0.15, -0.1) is 0 Å². The Kier molecular flexibility index (Phi) is 3.66. The molecule has 1 N–H and O–H groups in total. The van der Waals surface area contributed by atoms with E-state index in [1.165, 1.54) is 16.3 Å². The van der Waals surface area contributed by atoms with Crippen molar-refractivity contribution >= 4 is 10.8 Å². The Morgan fingerprint density at radius 1 is 0.800 bits per heavy atom. The standard InChI is InChI=1S/C18H16O2/c19-12-14-8-10-17(11-9-14)20-13-16-6-3-5-15-4-1-2-7-18(15)16/h1-11,19H,12-13H2. The smallest absolute Gasteiger partial charge is 0.119 e. The number of aliphatic hydroxyl groups excluding tert-OH is 1. The van der Waals surface area contributed by atoms with Gasteiger partial charge in [-0.05, 0) is 34.0 Å². The van der Waals surface area contributed by atoms with Gasteiger partial charge >= 0.3 is 0 Å². The minimum atomic E-state index is 0.0591. The molecule has 0 spiro atoms. The van der Waals surface area contributed by atoms with Crippen LogP contribution in [-0.2, 0) is 13.2 Å². The first kappa shape index (κ1) is 12.7. The van der Waals surface area contributed by atoms with Crippen LogP contribution < -0.4 is 4.74 Å². The van der Waals surface area contributed by atoms with Crippen LogP contribution in [-0.4, -0.2) is 5.11 Å². The third kappa shape index (κ3) is 2.65.